The molecular formula is C13H16N2O2. The summed E-state index contributed by atoms with van der Waals surface area (Å²) in [5.41, 5.74) is 2.12. The minimum Gasteiger partial charge on any atom is -0.386 e. The summed E-state index contributed by atoms with van der Waals surface area (Å²) in [5, 5.41) is 6.61. The van der Waals surface area contributed by atoms with Gasteiger partial charge in [-0.25, -0.2) is 0 Å². The molecule has 0 aliphatic heterocycles. The highest BCUT2D eigenvalue weighted by Crippen LogP contribution is 2.18. The van der Waals surface area contributed by atoms with E-state index in [4.69, 9.17) is 4.84 Å². The minimum atomic E-state index is -0.102. The second-order valence-corrected chi connectivity index (χ2v) is 4.21. The van der Waals surface area contributed by atoms with Crippen LogP contribution in [0.1, 0.15) is 24.0 Å². The summed E-state index contributed by atoms with van der Waals surface area (Å²) in [6.45, 7) is 1.99. The molecule has 2 rings (SSSR count). The zero-order valence-corrected chi connectivity index (χ0v) is 9.85. The van der Waals surface area contributed by atoms with Gasteiger partial charge in [-0.15, -0.1) is 0 Å². The van der Waals surface area contributed by atoms with Crippen LogP contribution in [0.4, 0.5) is 0 Å². The van der Waals surface area contributed by atoms with Gasteiger partial charge in [0.1, 0.15) is 0 Å². The molecule has 0 radical (unpaired) electrons. The van der Waals surface area contributed by atoms with E-state index in [-0.39, 0.29) is 12.5 Å². The molecule has 1 saturated carbocycles. The van der Waals surface area contributed by atoms with Crippen molar-refractivity contribution in [3.05, 3.63) is 35.4 Å². The topological polar surface area (TPSA) is 50.7 Å². The van der Waals surface area contributed by atoms with Gasteiger partial charge in [0.2, 0.25) is 0 Å². The SMILES string of the molecule is Cc1ccccc1C=NOCC(=O)NC1CC1. The number of benzene rings is 1. The van der Waals surface area contributed by atoms with Crippen molar-refractivity contribution in [2.45, 2.75) is 25.8 Å². The van der Waals surface area contributed by atoms with Crippen molar-refractivity contribution >= 4 is 12.1 Å². The van der Waals surface area contributed by atoms with Crippen molar-refractivity contribution in [1.82, 2.24) is 5.32 Å². The first-order chi connectivity index (χ1) is 8.25. The molecule has 0 bridgehead atoms. The summed E-state index contributed by atoms with van der Waals surface area (Å²) in [7, 11) is 0. The largest absolute Gasteiger partial charge is 0.386 e. The van der Waals surface area contributed by atoms with E-state index in [1.807, 2.05) is 31.2 Å². The Bertz CT molecular complexity index is 425. The highest BCUT2D eigenvalue weighted by molar-refractivity contribution is 5.81. The molecule has 1 amide bonds. The fourth-order valence-corrected chi connectivity index (χ4v) is 1.42. The van der Waals surface area contributed by atoms with E-state index in [1.165, 1.54) is 0 Å². The third-order valence-corrected chi connectivity index (χ3v) is 2.59. The molecule has 90 valence electrons. The fourth-order valence-electron chi connectivity index (χ4n) is 1.42. The lowest BCUT2D eigenvalue weighted by Crippen LogP contribution is -2.28. The van der Waals surface area contributed by atoms with Crippen molar-refractivity contribution in [3.63, 3.8) is 0 Å². The molecule has 1 aliphatic carbocycles. The van der Waals surface area contributed by atoms with Crippen LogP contribution in [0.3, 0.4) is 0 Å². The molecule has 0 spiro atoms. The summed E-state index contributed by atoms with van der Waals surface area (Å²) in [6.07, 6.45) is 3.79. The van der Waals surface area contributed by atoms with Gasteiger partial charge in [-0.1, -0.05) is 29.4 Å². The second-order valence-electron chi connectivity index (χ2n) is 4.21. The van der Waals surface area contributed by atoms with Crippen molar-refractivity contribution in [1.29, 1.82) is 0 Å². The van der Waals surface area contributed by atoms with Crippen molar-refractivity contribution in [2.24, 2.45) is 5.16 Å². The lowest BCUT2D eigenvalue weighted by molar-refractivity contribution is -0.125. The average Bonchev–Trinajstić information content (AvgIpc) is 3.10. The second kappa shape index (κ2) is 5.48. The Labute approximate surface area is 101 Å². The highest BCUT2D eigenvalue weighted by Gasteiger charge is 2.23. The lowest BCUT2D eigenvalue weighted by atomic mass is 10.1. The van der Waals surface area contributed by atoms with Crippen LogP contribution >= 0.6 is 0 Å². The molecule has 0 atom stereocenters. The number of nitrogens with zero attached hydrogens (tertiary/aromatic N) is 1. The fraction of sp³-hybridized carbons (Fsp3) is 0.385. The van der Waals surface area contributed by atoms with E-state index in [0.29, 0.717) is 6.04 Å². The van der Waals surface area contributed by atoms with Crippen LogP contribution in [0.25, 0.3) is 0 Å². The van der Waals surface area contributed by atoms with E-state index < -0.39 is 0 Å². The average molecular weight is 232 g/mol. The Morgan fingerprint density at radius 2 is 2.29 bits per heavy atom. The molecule has 4 nitrogen and oxygen atoms in total. The summed E-state index contributed by atoms with van der Waals surface area (Å²) >= 11 is 0. The number of hydrogen-bond acceptors (Lipinski definition) is 3. The van der Waals surface area contributed by atoms with E-state index in [9.17, 15) is 4.79 Å². The highest BCUT2D eigenvalue weighted by atomic mass is 16.6. The predicted molar refractivity (Wildman–Crippen MR) is 65.9 cm³/mol. The third kappa shape index (κ3) is 3.90. The lowest BCUT2D eigenvalue weighted by Gasteiger charge is -2.01. The molecule has 1 aromatic carbocycles. The zero-order valence-electron chi connectivity index (χ0n) is 9.85. The van der Waals surface area contributed by atoms with E-state index >= 15 is 0 Å². The molecule has 1 N–H and O–H groups in total. The molecule has 1 fully saturated rings. The summed E-state index contributed by atoms with van der Waals surface area (Å²) < 4.78 is 0. The first-order valence-corrected chi connectivity index (χ1v) is 5.76. The van der Waals surface area contributed by atoms with Gasteiger partial charge in [0.15, 0.2) is 6.61 Å². The van der Waals surface area contributed by atoms with Crippen molar-refractivity contribution in [3.8, 4) is 0 Å². The molecule has 4 heteroatoms. The van der Waals surface area contributed by atoms with Crippen LogP contribution in [0.5, 0.6) is 0 Å². The molecule has 0 heterocycles. The maximum absolute atomic E-state index is 11.3. The van der Waals surface area contributed by atoms with Gasteiger partial charge in [0, 0.05) is 6.04 Å². The number of oxime groups is 1. The molecule has 0 saturated heterocycles. The molecule has 0 aromatic heterocycles. The standard InChI is InChI=1S/C13H16N2O2/c1-10-4-2-3-5-11(10)8-14-17-9-13(16)15-12-6-7-12/h2-5,8,12H,6-7,9H2,1H3,(H,15,16). The summed E-state index contributed by atoms with van der Waals surface area (Å²) in [5.74, 6) is -0.102. The van der Waals surface area contributed by atoms with Gasteiger partial charge < -0.3 is 10.2 Å². The summed E-state index contributed by atoms with van der Waals surface area (Å²) in [6, 6.07) is 8.23. The van der Waals surface area contributed by atoms with Crippen LogP contribution in [0, 0.1) is 6.92 Å². The van der Waals surface area contributed by atoms with Gasteiger partial charge in [0.25, 0.3) is 5.91 Å². The maximum Gasteiger partial charge on any atom is 0.260 e. The number of carbonyl (C=O) groups is 1. The van der Waals surface area contributed by atoms with E-state index in [1.54, 1.807) is 6.21 Å². The number of amides is 1. The van der Waals surface area contributed by atoms with Gasteiger partial charge in [-0.3, -0.25) is 4.79 Å². The zero-order chi connectivity index (χ0) is 12.1. The number of aryl methyl sites for hydroxylation is 1. The van der Waals surface area contributed by atoms with Gasteiger partial charge in [-0.05, 0) is 30.9 Å². The quantitative estimate of drug-likeness (QED) is 0.619. The molecule has 1 aromatic rings. The summed E-state index contributed by atoms with van der Waals surface area (Å²) in [4.78, 5) is 16.2. The monoisotopic (exact) mass is 232 g/mol. The van der Waals surface area contributed by atoms with Gasteiger partial charge >= 0.3 is 0 Å². The van der Waals surface area contributed by atoms with Gasteiger partial charge in [0.05, 0.1) is 6.21 Å². The number of hydrogen-bond donors (Lipinski definition) is 1. The number of carbonyl (C=O) groups excluding carboxylic acids is 1. The minimum absolute atomic E-state index is 0.0150. The Hall–Kier alpha value is -1.84. The Kier molecular flexibility index (Phi) is 3.75. The number of nitrogens with one attached hydrogen (secondary N) is 1. The van der Waals surface area contributed by atoms with Crippen molar-refractivity contribution < 1.29 is 9.63 Å². The molecule has 1 aliphatic rings. The van der Waals surface area contributed by atoms with Crippen LogP contribution in [-0.2, 0) is 9.63 Å². The van der Waals surface area contributed by atoms with E-state index in [2.05, 4.69) is 10.5 Å². The Morgan fingerprint density at radius 1 is 1.53 bits per heavy atom. The van der Waals surface area contributed by atoms with Crippen LogP contribution in [-0.4, -0.2) is 24.8 Å². The smallest absolute Gasteiger partial charge is 0.260 e. The predicted octanol–water partition coefficient (Wildman–Crippen LogP) is 1.62. The van der Waals surface area contributed by atoms with E-state index in [0.717, 1.165) is 24.0 Å². The van der Waals surface area contributed by atoms with Gasteiger partial charge in [-0.2, -0.15) is 0 Å². The molecule has 17 heavy (non-hydrogen) atoms. The van der Waals surface area contributed by atoms with Crippen LogP contribution in [0.2, 0.25) is 0 Å². The maximum atomic E-state index is 11.3. The first-order valence-electron chi connectivity index (χ1n) is 5.76. The van der Waals surface area contributed by atoms with Crippen LogP contribution < -0.4 is 5.32 Å². The normalized spacial score (nSPS) is 14.9. The van der Waals surface area contributed by atoms with Crippen molar-refractivity contribution in [2.75, 3.05) is 6.61 Å². The Morgan fingerprint density at radius 3 is 3.00 bits per heavy atom. The Balaban J connectivity index is 1.73. The number of rotatable bonds is 5. The third-order valence-electron chi connectivity index (χ3n) is 2.59. The molecular weight excluding hydrogens is 216 g/mol. The molecule has 0 unspecified atom stereocenters. The van der Waals surface area contributed by atoms with Crippen LogP contribution in [0.15, 0.2) is 29.4 Å². The first kappa shape index (κ1) is 11.6.